The van der Waals surface area contributed by atoms with E-state index in [0.29, 0.717) is 34.4 Å². The van der Waals surface area contributed by atoms with Crippen molar-refractivity contribution in [2.24, 2.45) is 5.41 Å². The smallest absolute Gasteiger partial charge is 0.256 e. The number of aromatic amines is 1. The molecule has 144 valence electrons. The second-order valence-electron chi connectivity index (χ2n) is 8.53. The van der Waals surface area contributed by atoms with E-state index in [4.69, 9.17) is 0 Å². The fourth-order valence-electron chi connectivity index (χ4n) is 3.94. The third-order valence-corrected chi connectivity index (χ3v) is 5.27. The number of fused-ring (bicyclic) bond motifs is 2. The van der Waals surface area contributed by atoms with Crippen molar-refractivity contribution >= 4 is 34.9 Å². The Morgan fingerprint density at radius 3 is 2.57 bits per heavy atom. The number of nitrogens with one attached hydrogen (secondary N) is 2. The number of carbonyl (C=O) groups is 3. The molecular weight excluding hydrogens is 354 g/mol. The van der Waals surface area contributed by atoms with Gasteiger partial charge in [-0.05, 0) is 42.2 Å². The number of carbonyl (C=O) groups excluding carboxylic acids is 3. The standard InChI is InChI=1S/C22H23N3O3/c1-22(2)10-18-16(19(26)11-22)9-13(23-18)8-15-14-7-12(21(28)25(3)4)5-6-17(14)24-20(15)27/h5-9,23H,10-11H2,1-4H3,(H,24,27)/b15-8-. The van der Waals surface area contributed by atoms with Crippen LogP contribution in [0.2, 0.25) is 0 Å². The molecule has 1 aliphatic carbocycles. The molecule has 0 atom stereocenters. The Morgan fingerprint density at radius 2 is 1.86 bits per heavy atom. The van der Waals surface area contributed by atoms with Crippen molar-refractivity contribution in [1.82, 2.24) is 9.88 Å². The minimum atomic E-state index is -0.219. The number of anilines is 1. The number of aromatic nitrogens is 1. The Bertz CT molecular complexity index is 1060. The molecule has 6 heteroatoms. The van der Waals surface area contributed by atoms with E-state index in [1.165, 1.54) is 4.90 Å². The number of ketones is 1. The molecule has 0 unspecified atom stereocenters. The number of amides is 2. The summed E-state index contributed by atoms with van der Waals surface area (Å²) in [6.45, 7) is 4.16. The van der Waals surface area contributed by atoms with Crippen LogP contribution in [0.3, 0.4) is 0 Å². The Morgan fingerprint density at radius 1 is 1.11 bits per heavy atom. The molecule has 4 rings (SSSR count). The van der Waals surface area contributed by atoms with Gasteiger partial charge in [0.25, 0.3) is 11.8 Å². The average Bonchev–Trinajstić information content (AvgIpc) is 3.14. The minimum Gasteiger partial charge on any atom is -0.358 e. The second kappa shape index (κ2) is 6.19. The molecule has 1 aliphatic heterocycles. The summed E-state index contributed by atoms with van der Waals surface area (Å²) in [6, 6.07) is 7.01. The van der Waals surface area contributed by atoms with Gasteiger partial charge in [0.15, 0.2) is 5.78 Å². The van der Waals surface area contributed by atoms with Crippen molar-refractivity contribution in [2.45, 2.75) is 26.7 Å². The van der Waals surface area contributed by atoms with Gasteiger partial charge in [-0.3, -0.25) is 14.4 Å². The molecule has 2 heterocycles. The van der Waals surface area contributed by atoms with Crippen molar-refractivity contribution in [3.8, 4) is 0 Å². The van der Waals surface area contributed by atoms with Gasteiger partial charge in [0.1, 0.15) is 0 Å². The quantitative estimate of drug-likeness (QED) is 0.787. The highest BCUT2D eigenvalue weighted by Crippen LogP contribution is 2.37. The molecule has 6 nitrogen and oxygen atoms in total. The number of hydrogen-bond acceptors (Lipinski definition) is 3. The molecule has 0 saturated carbocycles. The number of Topliss-reactive ketones (excluding diaryl/α,β-unsaturated/α-hetero) is 1. The first-order chi connectivity index (χ1) is 13.1. The van der Waals surface area contributed by atoms with Gasteiger partial charge in [0.05, 0.1) is 5.57 Å². The Kier molecular flexibility index (Phi) is 4.03. The van der Waals surface area contributed by atoms with Crippen molar-refractivity contribution in [3.63, 3.8) is 0 Å². The van der Waals surface area contributed by atoms with Crippen LogP contribution in [0, 0.1) is 5.41 Å². The molecule has 2 aliphatic rings. The maximum atomic E-state index is 12.5. The zero-order valence-corrected chi connectivity index (χ0v) is 16.5. The predicted molar refractivity (Wildman–Crippen MR) is 108 cm³/mol. The maximum absolute atomic E-state index is 12.5. The summed E-state index contributed by atoms with van der Waals surface area (Å²) in [4.78, 5) is 42.0. The topological polar surface area (TPSA) is 82.3 Å². The van der Waals surface area contributed by atoms with Gasteiger partial charge in [0, 0.05) is 54.3 Å². The molecule has 28 heavy (non-hydrogen) atoms. The van der Waals surface area contributed by atoms with E-state index < -0.39 is 0 Å². The van der Waals surface area contributed by atoms with Crippen LogP contribution < -0.4 is 5.32 Å². The van der Waals surface area contributed by atoms with Crippen LogP contribution in [0.1, 0.15) is 57.9 Å². The summed E-state index contributed by atoms with van der Waals surface area (Å²) >= 11 is 0. The summed E-state index contributed by atoms with van der Waals surface area (Å²) < 4.78 is 0. The largest absolute Gasteiger partial charge is 0.358 e. The lowest BCUT2D eigenvalue weighted by molar-refractivity contribution is -0.110. The van der Waals surface area contributed by atoms with Crippen molar-refractivity contribution in [3.05, 3.63) is 52.3 Å². The van der Waals surface area contributed by atoms with Crippen molar-refractivity contribution in [2.75, 3.05) is 19.4 Å². The van der Waals surface area contributed by atoms with Crippen LogP contribution in [0.5, 0.6) is 0 Å². The average molecular weight is 377 g/mol. The van der Waals surface area contributed by atoms with Gasteiger partial charge in [-0.2, -0.15) is 0 Å². The molecule has 2 N–H and O–H groups in total. The summed E-state index contributed by atoms with van der Waals surface area (Å²) in [5.74, 6) is -0.212. The van der Waals surface area contributed by atoms with Gasteiger partial charge < -0.3 is 15.2 Å². The van der Waals surface area contributed by atoms with E-state index in [1.54, 1.807) is 38.4 Å². The van der Waals surface area contributed by atoms with Gasteiger partial charge in [0.2, 0.25) is 0 Å². The van der Waals surface area contributed by atoms with Crippen LogP contribution in [-0.4, -0.2) is 41.6 Å². The van der Waals surface area contributed by atoms with Crippen molar-refractivity contribution in [1.29, 1.82) is 0 Å². The number of nitrogens with zero attached hydrogens (tertiary/aromatic N) is 1. The van der Waals surface area contributed by atoms with E-state index in [9.17, 15) is 14.4 Å². The lowest BCUT2D eigenvalue weighted by Gasteiger charge is -2.27. The summed E-state index contributed by atoms with van der Waals surface area (Å²) in [5, 5.41) is 2.83. The summed E-state index contributed by atoms with van der Waals surface area (Å²) in [5.41, 5.74) is 4.65. The van der Waals surface area contributed by atoms with Gasteiger partial charge >= 0.3 is 0 Å². The molecule has 0 spiro atoms. The molecule has 2 amide bonds. The molecule has 1 aromatic heterocycles. The zero-order valence-electron chi connectivity index (χ0n) is 16.5. The normalized spacial score (nSPS) is 18.6. The number of rotatable bonds is 2. The molecule has 0 radical (unpaired) electrons. The third kappa shape index (κ3) is 3.05. The van der Waals surface area contributed by atoms with E-state index in [2.05, 4.69) is 24.1 Å². The number of benzene rings is 1. The summed E-state index contributed by atoms with van der Waals surface area (Å²) in [7, 11) is 3.38. The van der Waals surface area contributed by atoms with Crippen LogP contribution in [0.15, 0.2) is 24.3 Å². The number of hydrogen-bond donors (Lipinski definition) is 2. The third-order valence-electron chi connectivity index (χ3n) is 5.27. The lowest BCUT2D eigenvalue weighted by Crippen LogP contribution is -2.26. The fourth-order valence-corrected chi connectivity index (χ4v) is 3.94. The first-order valence-corrected chi connectivity index (χ1v) is 9.29. The monoisotopic (exact) mass is 377 g/mol. The van der Waals surface area contributed by atoms with E-state index in [-0.39, 0.29) is 23.0 Å². The predicted octanol–water partition coefficient (Wildman–Crippen LogP) is 3.36. The molecule has 0 fully saturated rings. The van der Waals surface area contributed by atoms with E-state index in [0.717, 1.165) is 17.8 Å². The first kappa shape index (κ1) is 18.2. The highest BCUT2D eigenvalue weighted by molar-refractivity contribution is 6.35. The highest BCUT2D eigenvalue weighted by atomic mass is 16.2. The highest BCUT2D eigenvalue weighted by Gasteiger charge is 2.32. The van der Waals surface area contributed by atoms with Crippen LogP contribution >= 0.6 is 0 Å². The number of H-pyrrole nitrogens is 1. The van der Waals surface area contributed by atoms with Crippen LogP contribution in [0.4, 0.5) is 5.69 Å². The van der Waals surface area contributed by atoms with Gasteiger partial charge in [-0.25, -0.2) is 0 Å². The molecule has 1 aromatic carbocycles. The lowest BCUT2D eigenvalue weighted by atomic mass is 9.76. The Balaban J connectivity index is 1.75. The van der Waals surface area contributed by atoms with Crippen LogP contribution in [-0.2, 0) is 11.2 Å². The van der Waals surface area contributed by atoms with Gasteiger partial charge in [-0.15, -0.1) is 0 Å². The molecular formula is C22H23N3O3. The van der Waals surface area contributed by atoms with Crippen LogP contribution in [0.25, 0.3) is 11.6 Å². The molecule has 0 saturated heterocycles. The van der Waals surface area contributed by atoms with E-state index >= 15 is 0 Å². The Labute approximate surface area is 163 Å². The Hall–Kier alpha value is -3.15. The maximum Gasteiger partial charge on any atom is 0.256 e. The minimum absolute atomic E-state index is 0.0713. The molecule has 2 aromatic rings. The first-order valence-electron chi connectivity index (χ1n) is 9.29. The summed E-state index contributed by atoms with van der Waals surface area (Å²) in [6.07, 6.45) is 3.07. The van der Waals surface area contributed by atoms with E-state index in [1.807, 2.05) is 6.07 Å². The SMILES string of the molecule is CN(C)C(=O)c1ccc2c(c1)/C(=C/c1cc3c([nH]1)CC(C)(C)CC3=O)C(=O)N2. The van der Waals surface area contributed by atoms with Crippen molar-refractivity contribution < 1.29 is 14.4 Å². The zero-order chi connectivity index (χ0) is 20.2. The second-order valence-corrected chi connectivity index (χ2v) is 8.53. The van der Waals surface area contributed by atoms with Gasteiger partial charge in [-0.1, -0.05) is 13.8 Å². The fraction of sp³-hybridized carbons (Fsp3) is 0.318. The molecule has 0 bridgehead atoms.